The third kappa shape index (κ3) is 4.85. The Bertz CT molecular complexity index is 1320. The molecular weight excluding hydrogens is 568 g/mol. The van der Waals surface area contributed by atoms with Gasteiger partial charge in [-0.05, 0) is 159 Å². The molecular formula is C41H64N2O3. The first-order valence-electron chi connectivity index (χ1n) is 18.8. The number of benzene rings is 1. The minimum atomic E-state index is -0.847. The Morgan fingerprint density at radius 1 is 0.848 bits per heavy atom. The van der Waals surface area contributed by atoms with E-state index in [0.717, 1.165) is 25.9 Å². The largest absolute Gasteiger partial charge is 0.478 e. The number of carbonyl (C=O) groups is 2. The highest BCUT2D eigenvalue weighted by molar-refractivity contribution is 5.87. The topological polar surface area (TPSA) is 69.6 Å². The zero-order valence-corrected chi connectivity index (χ0v) is 30.5. The van der Waals surface area contributed by atoms with E-state index in [4.69, 9.17) is 0 Å². The molecule has 5 aliphatic rings. The van der Waals surface area contributed by atoms with Gasteiger partial charge in [0.05, 0.1) is 11.0 Å². The molecule has 0 aromatic heterocycles. The van der Waals surface area contributed by atoms with Gasteiger partial charge in [0.1, 0.15) is 0 Å². The van der Waals surface area contributed by atoms with Crippen molar-refractivity contribution in [3.05, 3.63) is 35.4 Å². The summed E-state index contributed by atoms with van der Waals surface area (Å²) in [4.78, 5) is 28.0. The van der Waals surface area contributed by atoms with Crippen LogP contribution < -0.4 is 5.32 Å². The van der Waals surface area contributed by atoms with Gasteiger partial charge in [0, 0.05) is 13.1 Å². The average Bonchev–Trinajstić information content (AvgIpc) is 3.38. The van der Waals surface area contributed by atoms with Crippen molar-refractivity contribution in [2.24, 2.45) is 62.6 Å². The zero-order chi connectivity index (χ0) is 33.4. The highest BCUT2D eigenvalue weighted by atomic mass is 16.4. The SMILES string of the molecule is CC(C)[C@@H]1CC[C@]2(C(=O)NCCN(C)C)CC[C@]3(C)[C@H](CC[C@@H]4[C@@]5(C)CC[C@H](c6ccc(C(=O)O)cc6)C(C)(C)[C@@H]5CC[C@]43C)[C@@H]12. The number of aromatic carboxylic acids is 1. The number of hydrogen-bond acceptors (Lipinski definition) is 3. The molecule has 1 aromatic rings. The third-order valence-electron chi connectivity index (χ3n) is 16.2. The minimum Gasteiger partial charge on any atom is -0.478 e. The standard InChI is InChI=1S/C41H64N2O3/c1-26(2)29-16-21-41(36(46)42-24-25-43(8)9)23-22-39(6)31(34(29)41)14-15-33-38(5)19-17-30(27-10-12-28(13-11-27)35(44)45)37(3,4)32(38)18-20-40(33,39)7/h10-13,26,29-34H,14-25H2,1-9H3,(H,42,46)(H,44,45)/t29-,30+,31+,32-,33+,34+,38-,39+,40+,41-/m0/s1. The molecule has 0 saturated heterocycles. The normalized spacial score (nSPS) is 42.9. The number of nitrogens with zero attached hydrogens (tertiary/aromatic N) is 1. The summed E-state index contributed by atoms with van der Waals surface area (Å²) >= 11 is 0. The van der Waals surface area contributed by atoms with Crippen molar-refractivity contribution in [1.82, 2.24) is 10.2 Å². The molecule has 0 heterocycles. The van der Waals surface area contributed by atoms with Crippen LogP contribution in [-0.2, 0) is 4.79 Å². The second-order valence-electron chi connectivity index (χ2n) is 18.7. The molecule has 0 radical (unpaired) electrons. The van der Waals surface area contributed by atoms with Gasteiger partial charge >= 0.3 is 5.97 Å². The van der Waals surface area contributed by atoms with E-state index < -0.39 is 5.97 Å². The molecule has 5 nitrogen and oxygen atoms in total. The lowest BCUT2D eigenvalue weighted by Crippen LogP contribution is -2.67. The minimum absolute atomic E-state index is 0.150. The number of rotatable bonds is 7. The summed E-state index contributed by atoms with van der Waals surface area (Å²) in [5.41, 5.74) is 2.49. The van der Waals surface area contributed by atoms with Crippen molar-refractivity contribution < 1.29 is 14.7 Å². The van der Waals surface area contributed by atoms with Crippen LogP contribution in [0.1, 0.15) is 135 Å². The van der Waals surface area contributed by atoms with Crippen molar-refractivity contribution in [2.45, 2.75) is 119 Å². The molecule has 46 heavy (non-hydrogen) atoms. The van der Waals surface area contributed by atoms with E-state index in [2.05, 4.69) is 84.9 Å². The maximum absolute atomic E-state index is 14.2. The number of carboxylic acid groups (broad SMARTS) is 1. The molecule has 5 aliphatic carbocycles. The monoisotopic (exact) mass is 632 g/mol. The second-order valence-corrected chi connectivity index (χ2v) is 18.7. The van der Waals surface area contributed by atoms with E-state index in [1.54, 1.807) is 12.1 Å². The molecule has 0 unspecified atom stereocenters. The van der Waals surface area contributed by atoms with Gasteiger partial charge in [-0.2, -0.15) is 0 Å². The van der Waals surface area contributed by atoms with Crippen LogP contribution in [0.2, 0.25) is 0 Å². The van der Waals surface area contributed by atoms with Gasteiger partial charge in [0.25, 0.3) is 0 Å². The lowest BCUT2D eigenvalue weighted by Gasteiger charge is -2.73. The number of hydrogen-bond donors (Lipinski definition) is 2. The summed E-state index contributed by atoms with van der Waals surface area (Å²) < 4.78 is 0. The molecule has 0 bridgehead atoms. The summed E-state index contributed by atoms with van der Waals surface area (Å²) in [6.45, 7) is 19.6. The van der Waals surface area contributed by atoms with Crippen LogP contribution >= 0.6 is 0 Å². The van der Waals surface area contributed by atoms with E-state index in [9.17, 15) is 14.7 Å². The molecule has 5 heteroatoms. The molecule has 1 aromatic carbocycles. The van der Waals surface area contributed by atoms with Crippen LogP contribution in [0.3, 0.4) is 0 Å². The lowest BCUT2D eigenvalue weighted by atomic mass is 9.31. The molecule has 2 N–H and O–H groups in total. The first-order valence-corrected chi connectivity index (χ1v) is 18.8. The highest BCUT2D eigenvalue weighted by Gasteiger charge is 2.72. The second kappa shape index (κ2) is 11.6. The van der Waals surface area contributed by atoms with Gasteiger partial charge < -0.3 is 15.3 Å². The molecule has 6 rings (SSSR count). The van der Waals surface area contributed by atoms with Crippen molar-refractivity contribution in [3.8, 4) is 0 Å². The van der Waals surface area contributed by atoms with Gasteiger partial charge in [-0.25, -0.2) is 4.79 Å². The molecule has 256 valence electrons. The van der Waals surface area contributed by atoms with Crippen LogP contribution in [0.4, 0.5) is 0 Å². The summed E-state index contributed by atoms with van der Waals surface area (Å²) in [5, 5.41) is 12.9. The molecule has 10 atom stereocenters. The molecule has 5 saturated carbocycles. The summed E-state index contributed by atoms with van der Waals surface area (Å²) in [7, 11) is 4.17. The first-order chi connectivity index (χ1) is 21.5. The van der Waals surface area contributed by atoms with Crippen LogP contribution in [0.5, 0.6) is 0 Å². The van der Waals surface area contributed by atoms with Crippen LogP contribution in [0.15, 0.2) is 24.3 Å². The predicted octanol–water partition coefficient (Wildman–Crippen LogP) is 8.88. The third-order valence-corrected chi connectivity index (χ3v) is 16.2. The summed E-state index contributed by atoms with van der Waals surface area (Å²) in [6.07, 6.45) is 12.1. The van der Waals surface area contributed by atoms with Gasteiger partial charge in [-0.1, -0.05) is 60.6 Å². The van der Waals surface area contributed by atoms with Crippen molar-refractivity contribution in [3.63, 3.8) is 0 Å². The van der Waals surface area contributed by atoms with E-state index in [0.29, 0.717) is 58.3 Å². The lowest BCUT2D eigenvalue weighted by molar-refractivity contribution is -0.239. The van der Waals surface area contributed by atoms with Crippen LogP contribution in [0, 0.1) is 62.6 Å². The van der Waals surface area contributed by atoms with Gasteiger partial charge in [0.15, 0.2) is 0 Å². The Morgan fingerprint density at radius 3 is 2.17 bits per heavy atom. The van der Waals surface area contributed by atoms with E-state index in [1.807, 2.05) is 0 Å². The molecule has 0 spiro atoms. The Labute approximate surface area is 280 Å². The fourth-order valence-electron chi connectivity index (χ4n) is 13.8. The zero-order valence-electron chi connectivity index (χ0n) is 30.5. The first kappa shape index (κ1) is 34.0. The van der Waals surface area contributed by atoms with Crippen molar-refractivity contribution in [2.75, 3.05) is 27.2 Å². The van der Waals surface area contributed by atoms with E-state index >= 15 is 0 Å². The smallest absolute Gasteiger partial charge is 0.335 e. The molecule has 5 fully saturated rings. The number of carbonyl (C=O) groups excluding carboxylic acids is 1. The molecule has 1 amide bonds. The number of amides is 1. The Morgan fingerprint density at radius 2 is 1.54 bits per heavy atom. The van der Waals surface area contributed by atoms with E-state index in [1.165, 1.54) is 56.9 Å². The quantitative estimate of drug-likeness (QED) is 0.315. The predicted molar refractivity (Wildman–Crippen MR) is 187 cm³/mol. The van der Waals surface area contributed by atoms with Gasteiger partial charge in [0.2, 0.25) is 5.91 Å². The van der Waals surface area contributed by atoms with Crippen molar-refractivity contribution in [1.29, 1.82) is 0 Å². The van der Waals surface area contributed by atoms with Crippen molar-refractivity contribution >= 4 is 11.9 Å². The number of likely N-dealkylation sites (N-methyl/N-ethyl adjacent to an activating group) is 1. The Balaban J connectivity index is 1.30. The number of nitrogens with one attached hydrogen (secondary N) is 1. The fraction of sp³-hybridized carbons (Fsp3) is 0.805. The average molecular weight is 633 g/mol. The van der Waals surface area contributed by atoms with Crippen LogP contribution in [-0.4, -0.2) is 49.1 Å². The summed E-state index contributed by atoms with van der Waals surface area (Å²) in [5.74, 6) is 3.69. The van der Waals surface area contributed by atoms with Crippen LogP contribution in [0.25, 0.3) is 0 Å². The van der Waals surface area contributed by atoms with Gasteiger partial charge in [-0.3, -0.25) is 4.79 Å². The highest BCUT2D eigenvalue weighted by Crippen LogP contribution is 2.78. The number of fused-ring (bicyclic) bond motifs is 7. The maximum atomic E-state index is 14.2. The Hall–Kier alpha value is -1.88. The molecule has 0 aliphatic heterocycles. The van der Waals surface area contributed by atoms with E-state index in [-0.39, 0.29) is 21.7 Å². The summed E-state index contributed by atoms with van der Waals surface area (Å²) in [6, 6.07) is 7.80. The van der Waals surface area contributed by atoms with Gasteiger partial charge in [-0.15, -0.1) is 0 Å². The number of carboxylic acids is 1. The fourth-order valence-corrected chi connectivity index (χ4v) is 13.8. The Kier molecular flexibility index (Phi) is 8.59. The maximum Gasteiger partial charge on any atom is 0.335 e.